The molecule has 0 aromatic heterocycles. The number of para-hydroxylation sites is 2. The fourth-order valence-electron chi connectivity index (χ4n) is 2.47. The fourth-order valence-corrected chi connectivity index (χ4v) is 2.47. The summed E-state index contributed by atoms with van der Waals surface area (Å²) >= 11 is 0. The van der Waals surface area contributed by atoms with Gasteiger partial charge in [-0.3, -0.25) is 9.59 Å². The van der Waals surface area contributed by atoms with Gasteiger partial charge in [-0.15, -0.1) is 0 Å². The van der Waals surface area contributed by atoms with E-state index >= 15 is 0 Å². The van der Waals surface area contributed by atoms with Gasteiger partial charge in [-0.2, -0.15) is 0 Å². The summed E-state index contributed by atoms with van der Waals surface area (Å²) in [4.78, 5) is 25.6. The van der Waals surface area contributed by atoms with Crippen molar-refractivity contribution in [2.45, 2.75) is 13.0 Å². The number of halogens is 2. The minimum Gasteiger partial charge on any atom is -0.476 e. The molecule has 1 atom stereocenters. The molecule has 1 aliphatic heterocycles. The summed E-state index contributed by atoms with van der Waals surface area (Å²) in [5.74, 6) is -2.10. The number of amides is 2. The molecule has 24 heavy (non-hydrogen) atoms. The quantitative estimate of drug-likeness (QED) is 0.920. The smallest absolute Gasteiger partial charge is 0.267 e. The van der Waals surface area contributed by atoms with Crippen LogP contribution in [0, 0.1) is 11.6 Å². The first-order chi connectivity index (χ1) is 11.5. The lowest BCUT2D eigenvalue weighted by molar-refractivity contribution is -0.123. The number of hydrogen-bond donors (Lipinski definition) is 1. The van der Waals surface area contributed by atoms with Crippen LogP contribution in [-0.4, -0.2) is 24.5 Å². The molecule has 2 amide bonds. The van der Waals surface area contributed by atoms with E-state index in [1.165, 1.54) is 11.8 Å². The number of benzene rings is 2. The molecule has 1 aliphatic rings. The average Bonchev–Trinajstić information content (AvgIpc) is 2.56. The molecular weight excluding hydrogens is 318 g/mol. The lowest BCUT2D eigenvalue weighted by Gasteiger charge is -2.33. The third-order valence-corrected chi connectivity index (χ3v) is 3.64. The molecule has 124 valence electrons. The highest BCUT2D eigenvalue weighted by Crippen LogP contribution is 2.33. The van der Waals surface area contributed by atoms with E-state index in [-0.39, 0.29) is 18.1 Å². The summed E-state index contributed by atoms with van der Waals surface area (Å²) in [6.07, 6.45) is -1.01. The molecule has 0 saturated carbocycles. The minimum absolute atomic E-state index is 0.000986. The van der Waals surface area contributed by atoms with E-state index in [0.29, 0.717) is 17.5 Å². The standard InChI is InChI=1S/C17H14F2N2O3/c1-10(22)21-9-16(24-15-5-3-2-4-14(15)21)17(23)20-13-7-6-11(18)8-12(13)19/h2-8,16H,9H2,1H3,(H,20,23). The van der Waals surface area contributed by atoms with Crippen LogP contribution >= 0.6 is 0 Å². The minimum atomic E-state index is -1.01. The zero-order valence-corrected chi connectivity index (χ0v) is 12.8. The molecule has 0 aliphatic carbocycles. The highest BCUT2D eigenvalue weighted by molar-refractivity contribution is 5.99. The Bertz CT molecular complexity index is 810. The number of carbonyl (C=O) groups excluding carboxylic acids is 2. The zero-order chi connectivity index (χ0) is 17.3. The van der Waals surface area contributed by atoms with Gasteiger partial charge >= 0.3 is 0 Å². The summed E-state index contributed by atoms with van der Waals surface area (Å²) in [7, 11) is 0. The zero-order valence-electron chi connectivity index (χ0n) is 12.8. The predicted octanol–water partition coefficient (Wildman–Crippen LogP) is 2.72. The third kappa shape index (κ3) is 3.05. The lowest BCUT2D eigenvalue weighted by Crippen LogP contribution is -2.48. The molecule has 0 saturated heterocycles. The van der Waals surface area contributed by atoms with Crippen LogP contribution in [0.4, 0.5) is 20.2 Å². The Balaban J connectivity index is 1.82. The number of ether oxygens (including phenoxy) is 1. The predicted molar refractivity (Wildman–Crippen MR) is 83.9 cm³/mol. The Morgan fingerprint density at radius 1 is 1.21 bits per heavy atom. The van der Waals surface area contributed by atoms with Crippen LogP contribution in [0.25, 0.3) is 0 Å². The Hall–Kier alpha value is -2.96. The monoisotopic (exact) mass is 332 g/mol. The van der Waals surface area contributed by atoms with Crippen molar-refractivity contribution < 1.29 is 23.1 Å². The Labute approximate surface area is 136 Å². The van der Waals surface area contributed by atoms with Gasteiger partial charge in [0, 0.05) is 13.0 Å². The highest BCUT2D eigenvalue weighted by atomic mass is 19.1. The van der Waals surface area contributed by atoms with Gasteiger partial charge in [-0.05, 0) is 24.3 Å². The second-order valence-electron chi connectivity index (χ2n) is 5.32. The largest absolute Gasteiger partial charge is 0.476 e. The van der Waals surface area contributed by atoms with Crippen LogP contribution < -0.4 is 15.0 Å². The lowest BCUT2D eigenvalue weighted by atomic mass is 10.1. The second-order valence-corrected chi connectivity index (χ2v) is 5.32. The van der Waals surface area contributed by atoms with Crippen molar-refractivity contribution in [2.75, 3.05) is 16.8 Å². The molecule has 1 unspecified atom stereocenters. The Morgan fingerprint density at radius 2 is 1.96 bits per heavy atom. The summed E-state index contributed by atoms with van der Waals surface area (Å²) in [6.45, 7) is 1.39. The summed E-state index contributed by atoms with van der Waals surface area (Å²) in [5, 5.41) is 2.35. The van der Waals surface area contributed by atoms with E-state index in [1.54, 1.807) is 24.3 Å². The molecule has 0 bridgehead atoms. The van der Waals surface area contributed by atoms with Crippen molar-refractivity contribution in [3.63, 3.8) is 0 Å². The van der Waals surface area contributed by atoms with Gasteiger partial charge in [-0.1, -0.05) is 12.1 Å². The maximum absolute atomic E-state index is 13.7. The topological polar surface area (TPSA) is 58.6 Å². The van der Waals surface area contributed by atoms with Crippen LogP contribution in [0.2, 0.25) is 0 Å². The SMILES string of the molecule is CC(=O)N1CC(C(=O)Nc2ccc(F)cc2F)Oc2ccccc21. The van der Waals surface area contributed by atoms with E-state index in [0.717, 1.165) is 12.1 Å². The van der Waals surface area contributed by atoms with Crippen molar-refractivity contribution >= 4 is 23.2 Å². The molecule has 2 aromatic carbocycles. The first-order valence-electron chi connectivity index (χ1n) is 7.25. The molecule has 7 heteroatoms. The first-order valence-corrected chi connectivity index (χ1v) is 7.25. The summed E-state index contributed by atoms with van der Waals surface area (Å²) in [5.41, 5.74) is 0.417. The van der Waals surface area contributed by atoms with Gasteiger partial charge in [0.15, 0.2) is 6.10 Å². The highest BCUT2D eigenvalue weighted by Gasteiger charge is 2.32. The van der Waals surface area contributed by atoms with Crippen LogP contribution in [-0.2, 0) is 9.59 Å². The molecule has 1 N–H and O–H groups in total. The number of nitrogens with one attached hydrogen (secondary N) is 1. The first kappa shape index (κ1) is 15.9. The van der Waals surface area contributed by atoms with Gasteiger partial charge in [0.2, 0.25) is 5.91 Å². The van der Waals surface area contributed by atoms with Crippen molar-refractivity contribution in [3.05, 3.63) is 54.1 Å². The van der Waals surface area contributed by atoms with Gasteiger partial charge in [-0.25, -0.2) is 8.78 Å². The van der Waals surface area contributed by atoms with Crippen molar-refractivity contribution in [3.8, 4) is 5.75 Å². The maximum Gasteiger partial charge on any atom is 0.267 e. The van der Waals surface area contributed by atoms with Crippen molar-refractivity contribution in [2.24, 2.45) is 0 Å². The normalized spacial score (nSPS) is 16.1. The maximum atomic E-state index is 13.7. The molecule has 1 heterocycles. The molecule has 5 nitrogen and oxygen atoms in total. The number of rotatable bonds is 2. The van der Waals surface area contributed by atoms with E-state index in [9.17, 15) is 18.4 Å². The molecule has 0 radical (unpaired) electrons. The molecular formula is C17H14F2N2O3. The fraction of sp³-hybridized carbons (Fsp3) is 0.176. The van der Waals surface area contributed by atoms with Crippen molar-refractivity contribution in [1.82, 2.24) is 0 Å². The van der Waals surface area contributed by atoms with Crippen LogP contribution in [0.1, 0.15) is 6.92 Å². The molecule has 3 rings (SSSR count). The van der Waals surface area contributed by atoms with E-state index < -0.39 is 23.6 Å². The number of anilines is 2. The average molecular weight is 332 g/mol. The van der Waals surface area contributed by atoms with E-state index in [4.69, 9.17) is 4.74 Å². The number of hydrogen-bond acceptors (Lipinski definition) is 3. The molecule has 2 aromatic rings. The molecule has 0 fully saturated rings. The Morgan fingerprint density at radius 3 is 2.67 bits per heavy atom. The number of nitrogens with zero attached hydrogens (tertiary/aromatic N) is 1. The van der Waals surface area contributed by atoms with Gasteiger partial charge in [0.1, 0.15) is 17.4 Å². The second kappa shape index (κ2) is 6.27. The third-order valence-electron chi connectivity index (χ3n) is 3.64. The number of carbonyl (C=O) groups is 2. The summed E-state index contributed by atoms with van der Waals surface area (Å²) in [6, 6.07) is 9.67. The molecule has 0 spiro atoms. The van der Waals surface area contributed by atoms with E-state index in [1.807, 2.05) is 0 Å². The Kier molecular flexibility index (Phi) is 4.16. The van der Waals surface area contributed by atoms with E-state index in [2.05, 4.69) is 5.32 Å². The van der Waals surface area contributed by atoms with Gasteiger partial charge < -0.3 is 15.0 Å². The van der Waals surface area contributed by atoms with Gasteiger partial charge in [0.05, 0.1) is 17.9 Å². The summed E-state index contributed by atoms with van der Waals surface area (Å²) < 4.78 is 32.2. The van der Waals surface area contributed by atoms with Crippen molar-refractivity contribution in [1.29, 1.82) is 0 Å². The van der Waals surface area contributed by atoms with Crippen LogP contribution in [0.3, 0.4) is 0 Å². The number of fused-ring (bicyclic) bond motifs is 1. The van der Waals surface area contributed by atoms with Crippen LogP contribution in [0.15, 0.2) is 42.5 Å². The van der Waals surface area contributed by atoms with Gasteiger partial charge in [0.25, 0.3) is 5.91 Å². The van der Waals surface area contributed by atoms with Crippen LogP contribution in [0.5, 0.6) is 5.75 Å².